The minimum atomic E-state index is -0.467. The number of aryl methyl sites for hydroxylation is 2. The van der Waals surface area contributed by atoms with E-state index in [1.807, 2.05) is 26.0 Å². The van der Waals surface area contributed by atoms with E-state index in [1.54, 1.807) is 7.11 Å². The fourth-order valence-electron chi connectivity index (χ4n) is 3.51. The number of amides is 1. The van der Waals surface area contributed by atoms with Crippen molar-refractivity contribution in [2.24, 2.45) is 0 Å². The van der Waals surface area contributed by atoms with Crippen molar-refractivity contribution in [1.29, 1.82) is 0 Å². The van der Waals surface area contributed by atoms with Crippen LogP contribution < -0.4 is 20.6 Å². The number of ether oxygens (including phenoxy) is 2. The van der Waals surface area contributed by atoms with Gasteiger partial charge in [0.1, 0.15) is 24.4 Å². The van der Waals surface area contributed by atoms with Crippen LogP contribution in [0.3, 0.4) is 0 Å². The summed E-state index contributed by atoms with van der Waals surface area (Å²) in [4.78, 5) is 26.2. The molecule has 0 aliphatic carbocycles. The van der Waals surface area contributed by atoms with Gasteiger partial charge in [-0.1, -0.05) is 0 Å². The first kappa shape index (κ1) is 19.4. The molecular formula is C20H27N2O5+. The second-order valence-electron chi connectivity index (χ2n) is 6.90. The molecule has 7 nitrogen and oxygen atoms in total. The van der Waals surface area contributed by atoms with Gasteiger partial charge in [-0.25, -0.2) is 4.79 Å². The number of fused-ring (bicyclic) bond motifs is 1. The molecule has 1 aliphatic rings. The fourth-order valence-corrected chi connectivity index (χ4v) is 3.51. The second kappa shape index (κ2) is 8.54. The SMILES string of the molecule is COc1ccc2c(C)c(CC(=O)NCC[NH+]3CCOCC3)c(=O)oc2c1C. The van der Waals surface area contributed by atoms with Gasteiger partial charge in [0.2, 0.25) is 5.91 Å². The first-order chi connectivity index (χ1) is 13.0. The van der Waals surface area contributed by atoms with Crippen molar-refractivity contribution < 1.29 is 23.6 Å². The molecule has 146 valence electrons. The normalized spacial score (nSPS) is 15.1. The van der Waals surface area contributed by atoms with Gasteiger partial charge in [-0.15, -0.1) is 0 Å². The van der Waals surface area contributed by atoms with E-state index in [1.165, 1.54) is 4.90 Å². The molecule has 1 aromatic heterocycles. The maximum absolute atomic E-state index is 12.5. The van der Waals surface area contributed by atoms with Crippen molar-refractivity contribution in [3.8, 4) is 5.75 Å². The third-order valence-corrected chi connectivity index (χ3v) is 5.21. The lowest BCUT2D eigenvalue weighted by molar-refractivity contribution is -0.906. The lowest BCUT2D eigenvalue weighted by Crippen LogP contribution is -3.14. The highest BCUT2D eigenvalue weighted by Gasteiger charge is 2.18. The van der Waals surface area contributed by atoms with Crippen molar-refractivity contribution in [1.82, 2.24) is 5.32 Å². The van der Waals surface area contributed by atoms with Crippen LogP contribution in [-0.4, -0.2) is 52.4 Å². The van der Waals surface area contributed by atoms with Crippen molar-refractivity contribution >= 4 is 16.9 Å². The van der Waals surface area contributed by atoms with Crippen LogP contribution in [0.1, 0.15) is 16.7 Å². The van der Waals surface area contributed by atoms with Crippen LogP contribution in [0.25, 0.3) is 11.0 Å². The zero-order valence-electron chi connectivity index (χ0n) is 16.1. The van der Waals surface area contributed by atoms with E-state index >= 15 is 0 Å². The molecule has 1 saturated heterocycles. The van der Waals surface area contributed by atoms with Crippen LogP contribution in [0.4, 0.5) is 0 Å². The minimum Gasteiger partial charge on any atom is -0.496 e. The predicted molar refractivity (Wildman–Crippen MR) is 102 cm³/mol. The van der Waals surface area contributed by atoms with Crippen LogP contribution in [-0.2, 0) is 16.0 Å². The van der Waals surface area contributed by atoms with Gasteiger partial charge in [-0.05, 0) is 31.5 Å². The number of benzene rings is 1. The van der Waals surface area contributed by atoms with Crippen LogP contribution in [0, 0.1) is 13.8 Å². The van der Waals surface area contributed by atoms with Gasteiger partial charge < -0.3 is 24.1 Å². The molecule has 2 heterocycles. The summed E-state index contributed by atoms with van der Waals surface area (Å²) in [5.74, 6) is 0.504. The minimum absolute atomic E-state index is 0.0215. The highest BCUT2D eigenvalue weighted by molar-refractivity contribution is 5.87. The molecular weight excluding hydrogens is 348 g/mol. The van der Waals surface area contributed by atoms with Gasteiger partial charge in [0.25, 0.3) is 0 Å². The van der Waals surface area contributed by atoms with Crippen molar-refractivity contribution in [2.45, 2.75) is 20.3 Å². The Morgan fingerprint density at radius 3 is 2.67 bits per heavy atom. The van der Waals surface area contributed by atoms with Gasteiger partial charge in [0.05, 0.1) is 45.4 Å². The number of rotatable bonds is 6. The van der Waals surface area contributed by atoms with Gasteiger partial charge in [-0.3, -0.25) is 4.79 Å². The Bertz CT molecular complexity index is 884. The van der Waals surface area contributed by atoms with E-state index in [0.29, 0.717) is 23.4 Å². The number of hydrogen-bond donors (Lipinski definition) is 2. The maximum atomic E-state index is 12.5. The first-order valence-corrected chi connectivity index (χ1v) is 9.29. The Balaban J connectivity index is 1.70. The largest absolute Gasteiger partial charge is 0.496 e. The average Bonchev–Trinajstić information content (AvgIpc) is 2.67. The number of quaternary nitrogens is 1. The Morgan fingerprint density at radius 1 is 1.22 bits per heavy atom. The number of morpholine rings is 1. The number of carbonyl (C=O) groups excluding carboxylic acids is 1. The van der Waals surface area contributed by atoms with Crippen LogP contribution in [0.2, 0.25) is 0 Å². The van der Waals surface area contributed by atoms with E-state index in [4.69, 9.17) is 13.9 Å². The monoisotopic (exact) mass is 375 g/mol. The van der Waals surface area contributed by atoms with Crippen molar-refractivity contribution in [2.75, 3.05) is 46.5 Å². The predicted octanol–water partition coefficient (Wildman–Crippen LogP) is -0.00776. The Morgan fingerprint density at radius 2 is 1.96 bits per heavy atom. The molecule has 3 rings (SSSR count). The third-order valence-electron chi connectivity index (χ3n) is 5.21. The molecule has 2 N–H and O–H groups in total. The Labute approximate surface area is 158 Å². The standard InChI is InChI=1S/C20H26N2O5/c1-13-15-4-5-17(25-3)14(2)19(15)27-20(24)16(13)12-18(23)21-6-7-22-8-10-26-11-9-22/h4-5H,6-12H2,1-3H3,(H,21,23)/p+1. The molecule has 7 heteroatoms. The summed E-state index contributed by atoms with van der Waals surface area (Å²) in [6.07, 6.45) is 0.0215. The molecule has 0 atom stereocenters. The zero-order valence-corrected chi connectivity index (χ0v) is 16.1. The average molecular weight is 375 g/mol. The number of methoxy groups -OCH3 is 1. The molecule has 0 bridgehead atoms. The maximum Gasteiger partial charge on any atom is 0.340 e. The molecule has 1 aliphatic heterocycles. The second-order valence-corrected chi connectivity index (χ2v) is 6.90. The summed E-state index contributed by atoms with van der Waals surface area (Å²) in [5, 5.41) is 3.74. The molecule has 0 saturated carbocycles. The first-order valence-electron chi connectivity index (χ1n) is 9.29. The molecule has 0 spiro atoms. The van der Waals surface area contributed by atoms with Gasteiger partial charge in [0.15, 0.2) is 0 Å². The van der Waals surface area contributed by atoms with Crippen LogP contribution in [0.15, 0.2) is 21.3 Å². The number of nitrogens with one attached hydrogen (secondary N) is 2. The van der Waals surface area contributed by atoms with Crippen molar-refractivity contribution in [3.63, 3.8) is 0 Å². The fraction of sp³-hybridized carbons (Fsp3) is 0.500. The van der Waals surface area contributed by atoms with E-state index in [-0.39, 0.29) is 12.3 Å². The molecule has 1 aromatic carbocycles. The summed E-state index contributed by atoms with van der Waals surface area (Å²) in [7, 11) is 1.58. The summed E-state index contributed by atoms with van der Waals surface area (Å²) >= 11 is 0. The summed E-state index contributed by atoms with van der Waals surface area (Å²) in [6.45, 7) is 8.62. The van der Waals surface area contributed by atoms with Crippen LogP contribution >= 0.6 is 0 Å². The topological polar surface area (TPSA) is 82.2 Å². The van der Waals surface area contributed by atoms with E-state index in [9.17, 15) is 9.59 Å². The lowest BCUT2D eigenvalue weighted by atomic mass is 10.0. The number of hydrogen-bond acceptors (Lipinski definition) is 5. The van der Waals surface area contributed by atoms with Crippen LogP contribution in [0.5, 0.6) is 5.75 Å². The van der Waals surface area contributed by atoms with Gasteiger partial charge >= 0.3 is 5.63 Å². The summed E-state index contributed by atoms with van der Waals surface area (Å²) in [5.41, 5.74) is 2.01. The van der Waals surface area contributed by atoms with E-state index < -0.39 is 5.63 Å². The molecule has 0 unspecified atom stereocenters. The molecule has 1 fully saturated rings. The highest BCUT2D eigenvalue weighted by Crippen LogP contribution is 2.29. The van der Waals surface area contributed by atoms with Gasteiger partial charge in [-0.2, -0.15) is 0 Å². The summed E-state index contributed by atoms with van der Waals surface area (Å²) in [6, 6.07) is 3.71. The zero-order chi connectivity index (χ0) is 19.4. The van der Waals surface area contributed by atoms with Gasteiger partial charge in [0, 0.05) is 10.9 Å². The smallest absolute Gasteiger partial charge is 0.340 e. The molecule has 1 amide bonds. The highest BCUT2D eigenvalue weighted by atomic mass is 16.5. The summed E-state index contributed by atoms with van der Waals surface area (Å²) < 4.78 is 16.1. The quantitative estimate of drug-likeness (QED) is 0.694. The number of carbonyl (C=O) groups is 1. The van der Waals surface area contributed by atoms with E-state index in [2.05, 4.69) is 5.32 Å². The van der Waals surface area contributed by atoms with E-state index in [0.717, 1.165) is 49.4 Å². The Hall–Kier alpha value is -2.38. The molecule has 0 radical (unpaired) electrons. The Kier molecular flexibility index (Phi) is 6.13. The molecule has 27 heavy (non-hydrogen) atoms. The third kappa shape index (κ3) is 4.31. The lowest BCUT2D eigenvalue weighted by Gasteiger charge is -2.23. The van der Waals surface area contributed by atoms with Crippen molar-refractivity contribution in [3.05, 3.63) is 39.2 Å². The molecule has 2 aromatic rings.